The second-order valence-electron chi connectivity index (χ2n) is 6.27. The average Bonchev–Trinajstić information content (AvgIpc) is 3.42. The maximum Gasteiger partial charge on any atom is 0.243 e. The molecule has 1 aliphatic carbocycles. The summed E-state index contributed by atoms with van der Waals surface area (Å²) in [5.74, 6) is 0.887. The van der Waals surface area contributed by atoms with Gasteiger partial charge in [-0.1, -0.05) is 24.3 Å². The van der Waals surface area contributed by atoms with Crippen LogP contribution in [0.25, 0.3) is 22.0 Å². The van der Waals surface area contributed by atoms with Crippen LogP contribution < -0.4 is 15.8 Å². The molecule has 2 aromatic carbocycles. The van der Waals surface area contributed by atoms with E-state index in [1.165, 1.54) is 0 Å². The Morgan fingerprint density at radius 1 is 1.16 bits per heavy atom. The van der Waals surface area contributed by atoms with Crippen molar-refractivity contribution < 1.29 is 9.53 Å². The number of methoxy groups -OCH3 is 1. The van der Waals surface area contributed by atoms with E-state index in [4.69, 9.17) is 10.5 Å². The molecule has 0 radical (unpaired) electrons. The second kappa shape index (κ2) is 5.73. The summed E-state index contributed by atoms with van der Waals surface area (Å²) in [6.45, 7) is 0. The fourth-order valence-corrected chi connectivity index (χ4v) is 2.82. The van der Waals surface area contributed by atoms with E-state index < -0.39 is 5.54 Å². The molecule has 6 nitrogen and oxygen atoms in total. The molecule has 1 aromatic heterocycles. The van der Waals surface area contributed by atoms with Gasteiger partial charge in [-0.05, 0) is 42.2 Å². The molecule has 6 heteroatoms. The van der Waals surface area contributed by atoms with Gasteiger partial charge in [-0.3, -0.25) is 4.79 Å². The van der Waals surface area contributed by atoms with E-state index in [9.17, 15) is 4.79 Å². The van der Waals surface area contributed by atoms with Gasteiger partial charge in [0.2, 0.25) is 11.9 Å². The van der Waals surface area contributed by atoms with Gasteiger partial charge in [-0.25, -0.2) is 9.97 Å². The molecule has 0 atom stereocenters. The first kappa shape index (κ1) is 15.4. The van der Waals surface area contributed by atoms with Crippen LogP contribution >= 0.6 is 0 Å². The molecule has 0 spiro atoms. The SMILES string of the molecule is COc1ccc(-c2ccc3cnc(NC4(C(N)=O)CC4)nc3c2)cc1. The van der Waals surface area contributed by atoms with E-state index in [1.807, 2.05) is 42.5 Å². The Kier molecular flexibility index (Phi) is 3.53. The predicted octanol–water partition coefficient (Wildman–Crippen LogP) is 2.74. The van der Waals surface area contributed by atoms with E-state index in [-0.39, 0.29) is 5.91 Å². The molecular weight excluding hydrogens is 316 g/mol. The third-order valence-electron chi connectivity index (χ3n) is 4.58. The number of hydrogen-bond acceptors (Lipinski definition) is 5. The van der Waals surface area contributed by atoms with E-state index in [0.29, 0.717) is 5.95 Å². The number of carbonyl (C=O) groups is 1. The molecular formula is C19H18N4O2. The lowest BCUT2D eigenvalue weighted by Gasteiger charge is -2.13. The van der Waals surface area contributed by atoms with Gasteiger partial charge in [-0.2, -0.15) is 0 Å². The van der Waals surface area contributed by atoms with E-state index in [0.717, 1.165) is 40.6 Å². The lowest BCUT2D eigenvalue weighted by atomic mass is 10.0. The molecule has 0 saturated heterocycles. The number of nitrogens with two attached hydrogens (primary N) is 1. The number of fused-ring (bicyclic) bond motifs is 1. The predicted molar refractivity (Wildman–Crippen MR) is 96.3 cm³/mol. The molecule has 0 unspecified atom stereocenters. The zero-order chi connectivity index (χ0) is 17.4. The molecule has 25 heavy (non-hydrogen) atoms. The highest BCUT2D eigenvalue weighted by atomic mass is 16.5. The van der Waals surface area contributed by atoms with Crippen LogP contribution in [0.1, 0.15) is 12.8 Å². The van der Waals surface area contributed by atoms with E-state index in [2.05, 4.69) is 15.3 Å². The van der Waals surface area contributed by atoms with Crippen molar-refractivity contribution in [3.05, 3.63) is 48.7 Å². The molecule has 0 bridgehead atoms. The molecule has 4 rings (SSSR count). The van der Waals surface area contributed by atoms with Crippen molar-refractivity contribution in [2.24, 2.45) is 5.73 Å². The molecule has 1 fully saturated rings. The van der Waals surface area contributed by atoms with Crippen LogP contribution in [0.3, 0.4) is 0 Å². The van der Waals surface area contributed by atoms with Gasteiger partial charge >= 0.3 is 0 Å². The summed E-state index contributed by atoms with van der Waals surface area (Å²) in [6, 6.07) is 13.9. The number of rotatable bonds is 5. The van der Waals surface area contributed by atoms with Gasteiger partial charge in [0.25, 0.3) is 0 Å². The number of carbonyl (C=O) groups excluding carboxylic acids is 1. The zero-order valence-electron chi connectivity index (χ0n) is 13.8. The summed E-state index contributed by atoms with van der Waals surface area (Å²) in [5, 5.41) is 4.02. The third-order valence-corrected chi connectivity index (χ3v) is 4.58. The number of primary amides is 1. The molecule has 0 aliphatic heterocycles. The van der Waals surface area contributed by atoms with Crippen molar-refractivity contribution in [3.63, 3.8) is 0 Å². The summed E-state index contributed by atoms with van der Waals surface area (Å²) in [4.78, 5) is 20.4. The number of anilines is 1. The fourth-order valence-electron chi connectivity index (χ4n) is 2.82. The van der Waals surface area contributed by atoms with Gasteiger partial charge in [0.15, 0.2) is 0 Å². The molecule has 1 saturated carbocycles. The summed E-state index contributed by atoms with van der Waals surface area (Å²) < 4.78 is 5.20. The summed E-state index contributed by atoms with van der Waals surface area (Å²) in [6.07, 6.45) is 3.19. The number of aromatic nitrogens is 2. The number of hydrogen-bond donors (Lipinski definition) is 2. The number of benzene rings is 2. The van der Waals surface area contributed by atoms with Crippen LogP contribution in [0.2, 0.25) is 0 Å². The Labute approximate surface area is 145 Å². The Bertz CT molecular complexity index is 949. The van der Waals surface area contributed by atoms with Crippen molar-refractivity contribution in [2.75, 3.05) is 12.4 Å². The topological polar surface area (TPSA) is 90.1 Å². The average molecular weight is 334 g/mol. The van der Waals surface area contributed by atoms with Gasteiger partial charge < -0.3 is 15.8 Å². The fraction of sp³-hybridized carbons (Fsp3) is 0.211. The lowest BCUT2D eigenvalue weighted by molar-refractivity contribution is -0.119. The van der Waals surface area contributed by atoms with Crippen LogP contribution in [-0.2, 0) is 4.79 Å². The van der Waals surface area contributed by atoms with Crippen LogP contribution in [0.5, 0.6) is 5.75 Å². The van der Waals surface area contributed by atoms with Crippen LogP contribution in [-0.4, -0.2) is 28.5 Å². The van der Waals surface area contributed by atoms with Crippen molar-refractivity contribution in [1.82, 2.24) is 9.97 Å². The Balaban J connectivity index is 1.67. The first-order valence-electron chi connectivity index (χ1n) is 8.09. The van der Waals surface area contributed by atoms with Crippen molar-refractivity contribution in [2.45, 2.75) is 18.4 Å². The van der Waals surface area contributed by atoms with Crippen molar-refractivity contribution in [1.29, 1.82) is 0 Å². The monoisotopic (exact) mass is 334 g/mol. The maximum absolute atomic E-state index is 11.5. The Hall–Kier alpha value is -3.15. The molecule has 1 aliphatic rings. The number of nitrogens with zero attached hydrogens (tertiary/aromatic N) is 2. The van der Waals surface area contributed by atoms with E-state index >= 15 is 0 Å². The first-order valence-corrected chi connectivity index (χ1v) is 8.09. The number of nitrogens with one attached hydrogen (secondary N) is 1. The normalized spacial score (nSPS) is 14.9. The van der Waals surface area contributed by atoms with Crippen LogP contribution in [0.15, 0.2) is 48.7 Å². The standard InChI is InChI=1S/C19H18N4O2/c1-25-15-6-4-12(5-7-15)13-2-3-14-11-21-18(22-16(14)10-13)23-19(8-9-19)17(20)24/h2-7,10-11H,8-9H2,1H3,(H2,20,24)(H,21,22,23). The zero-order valence-corrected chi connectivity index (χ0v) is 13.8. The molecule has 126 valence electrons. The third kappa shape index (κ3) is 2.87. The Morgan fingerprint density at radius 3 is 2.52 bits per heavy atom. The van der Waals surface area contributed by atoms with Gasteiger partial charge in [0.05, 0.1) is 12.6 Å². The largest absolute Gasteiger partial charge is 0.497 e. The van der Waals surface area contributed by atoms with Gasteiger partial charge in [-0.15, -0.1) is 0 Å². The van der Waals surface area contributed by atoms with Crippen molar-refractivity contribution >= 4 is 22.8 Å². The summed E-state index contributed by atoms with van der Waals surface area (Å²) in [5.41, 5.74) is 7.71. The lowest BCUT2D eigenvalue weighted by Crippen LogP contribution is -2.38. The summed E-state index contributed by atoms with van der Waals surface area (Å²) >= 11 is 0. The Morgan fingerprint density at radius 2 is 1.88 bits per heavy atom. The summed E-state index contributed by atoms with van der Waals surface area (Å²) in [7, 11) is 1.65. The minimum atomic E-state index is -0.679. The minimum Gasteiger partial charge on any atom is -0.497 e. The second-order valence-corrected chi connectivity index (χ2v) is 6.27. The van der Waals surface area contributed by atoms with Gasteiger partial charge in [0, 0.05) is 11.6 Å². The minimum absolute atomic E-state index is 0.358. The highest BCUT2D eigenvalue weighted by Crippen LogP contribution is 2.38. The molecule has 3 N–H and O–H groups in total. The van der Waals surface area contributed by atoms with Crippen LogP contribution in [0.4, 0.5) is 5.95 Å². The van der Waals surface area contributed by atoms with Crippen molar-refractivity contribution in [3.8, 4) is 16.9 Å². The van der Waals surface area contributed by atoms with Gasteiger partial charge in [0.1, 0.15) is 11.3 Å². The molecule has 1 amide bonds. The highest BCUT2D eigenvalue weighted by Gasteiger charge is 2.49. The maximum atomic E-state index is 11.5. The molecule has 1 heterocycles. The first-order chi connectivity index (χ1) is 12.1. The van der Waals surface area contributed by atoms with E-state index in [1.54, 1.807) is 13.3 Å². The highest BCUT2D eigenvalue weighted by molar-refractivity contribution is 5.91. The number of ether oxygens (including phenoxy) is 1. The molecule has 3 aromatic rings. The number of amides is 1. The van der Waals surface area contributed by atoms with Crippen LogP contribution in [0, 0.1) is 0 Å². The quantitative estimate of drug-likeness (QED) is 0.749. The smallest absolute Gasteiger partial charge is 0.243 e.